The highest BCUT2D eigenvalue weighted by Gasteiger charge is 2.42. The van der Waals surface area contributed by atoms with E-state index < -0.39 is 23.3 Å². The predicted molar refractivity (Wildman–Crippen MR) is 129 cm³/mol. The molecule has 4 rings (SSSR count). The molecule has 35 heavy (non-hydrogen) atoms. The SMILES string of the molecule is C[C@@H](N1CCC(CC(=O)Nc2ccc(Cl)cc2)CC1)[C@](O)(Cn1cncn1)c1ccc(F)cc1F. The van der Waals surface area contributed by atoms with E-state index in [4.69, 9.17) is 11.6 Å². The fourth-order valence-corrected chi connectivity index (χ4v) is 4.82. The van der Waals surface area contributed by atoms with Gasteiger partial charge < -0.3 is 10.4 Å². The molecule has 2 N–H and O–H groups in total. The molecule has 1 saturated heterocycles. The van der Waals surface area contributed by atoms with Gasteiger partial charge in [-0.3, -0.25) is 9.69 Å². The Labute approximate surface area is 207 Å². The van der Waals surface area contributed by atoms with Gasteiger partial charge in [-0.05, 0) is 69.1 Å². The fourth-order valence-electron chi connectivity index (χ4n) is 4.70. The number of nitrogens with one attached hydrogen (secondary N) is 1. The van der Waals surface area contributed by atoms with Crippen LogP contribution in [0.15, 0.2) is 55.1 Å². The Morgan fingerprint density at radius 2 is 1.94 bits per heavy atom. The zero-order valence-electron chi connectivity index (χ0n) is 19.4. The molecule has 2 heterocycles. The number of hydrogen-bond acceptors (Lipinski definition) is 5. The van der Waals surface area contributed by atoms with Crippen LogP contribution in [0.2, 0.25) is 5.02 Å². The van der Waals surface area contributed by atoms with Crippen molar-refractivity contribution in [1.29, 1.82) is 0 Å². The van der Waals surface area contributed by atoms with E-state index in [1.165, 1.54) is 23.4 Å². The second kappa shape index (κ2) is 10.8. The van der Waals surface area contributed by atoms with Crippen molar-refractivity contribution in [3.8, 4) is 0 Å². The summed E-state index contributed by atoms with van der Waals surface area (Å²) in [5.41, 5.74) is -0.971. The van der Waals surface area contributed by atoms with Gasteiger partial charge in [-0.2, -0.15) is 5.10 Å². The third-order valence-corrected chi connectivity index (χ3v) is 7.01. The van der Waals surface area contributed by atoms with Gasteiger partial charge in [0.05, 0.1) is 6.54 Å². The molecule has 0 aliphatic carbocycles. The highest BCUT2D eigenvalue weighted by Crippen LogP contribution is 2.35. The number of anilines is 1. The van der Waals surface area contributed by atoms with E-state index in [0.717, 1.165) is 25.0 Å². The molecule has 0 unspecified atom stereocenters. The summed E-state index contributed by atoms with van der Waals surface area (Å²) >= 11 is 5.89. The number of nitrogens with zero attached hydrogens (tertiary/aromatic N) is 4. The van der Waals surface area contributed by atoms with Crippen molar-refractivity contribution in [3.63, 3.8) is 0 Å². The Bertz CT molecular complexity index is 1140. The lowest BCUT2D eigenvalue weighted by molar-refractivity contribution is -0.117. The average molecular weight is 504 g/mol. The first-order valence-electron chi connectivity index (χ1n) is 11.5. The van der Waals surface area contributed by atoms with Crippen molar-refractivity contribution < 1.29 is 18.7 Å². The molecule has 1 aromatic heterocycles. The van der Waals surface area contributed by atoms with Gasteiger partial charge in [0.1, 0.15) is 29.9 Å². The van der Waals surface area contributed by atoms with Crippen LogP contribution < -0.4 is 5.32 Å². The van der Waals surface area contributed by atoms with Crippen molar-refractivity contribution in [1.82, 2.24) is 19.7 Å². The molecule has 10 heteroatoms. The molecule has 7 nitrogen and oxygen atoms in total. The number of hydrogen-bond donors (Lipinski definition) is 2. The summed E-state index contributed by atoms with van der Waals surface area (Å²) in [6.07, 6.45) is 4.69. The summed E-state index contributed by atoms with van der Waals surface area (Å²) in [4.78, 5) is 18.5. The zero-order valence-corrected chi connectivity index (χ0v) is 20.1. The Balaban J connectivity index is 1.42. The standard InChI is InChI=1S/C25H28ClF2N5O2/c1-17(25(35,14-33-16-29-15-30-33)22-7-4-20(27)13-23(22)28)32-10-8-18(9-11-32)12-24(34)31-21-5-2-19(26)3-6-21/h2-7,13,15-18,35H,8-12,14H2,1H3,(H,31,34)/t17-,25-/m1/s1. The Morgan fingerprint density at radius 3 is 2.57 bits per heavy atom. The van der Waals surface area contributed by atoms with Crippen LogP contribution in [0.3, 0.4) is 0 Å². The van der Waals surface area contributed by atoms with Crippen LogP contribution >= 0.6 is 11.6 Å². The minimum absolute atomic E-state index is 0.00589. The summed E-state index contributed by atoms with van der Waals surface area (Å²) in [6.45, 7) is 3.04. The van der Waals surface area contributed by atoms with Crippen LogP contribution in [0, 0.1) is 17.6 Å². The number of carbonyl (C=O) groups is 1. The molecule has 0 saturated carbocycles. The Morgan fingerprint density at radius 1 is 1.23 bits per heavy atom. The summed E-state index contributed by atoms with van der Waals surface area (Å²) in [7, 11) is 0. The number of amides is 1. The second-order valence-corrected chi connectivity index (χ2v) is 9.49. The van der Waals surface area contributed by atoms with Gasteiger partial charge in [0.15, 0.2) is 0 Å². The van der Waals surface area contributed by atoms with Crippen LogP contribution in [-0.4, -0.2) is 49.8 Å². The molecule has 2 atom stereocenters. The first kappa shape index (κ1) is 25.2. The van der Waals surface area contributed by atoms with Crippen LogP contribution in [0.1, 0.15) is 31.7 Å². The van der Waals surface area contributed by atoms with Gasteiger partial charge in [-0.25, -0.2) is 18.4 Å². The number of aliphatic hydroxyl groups is 1. The number of piperidine rings is 1. The van der Waals surface area contributed by atoms with Crippen LogP contribution in [0.4, 0.5) is 14.5 Å². The smallest absolute Gasteiger partial charge is 0.224 e. The van der Waals surface area contributed by atoms with Gasteiger partial charge >= 0.3 is 0 Å². The topological polar surface area (TPSA) is 83.3 Å². The quantitative estimate of drug-likeness (QED) is 0.481. The zero-order chi connectivity index (χ0) is 25.0. The van der Waals surface area contributed by atoms with E-state index in [-0.39, 0.29) is 23.9 Å². The molecular weight excluding hydrogens is 476 g/mol. The monoisotopic (exact) mass is 503 g/mol. The lowest BCUT2D eigenvalue weighted by Gasteiger charge is -2.44. The van der Waals surface area contributed by atoms with Crippen molar-refractivity contribution in [3.05, 3.63) is 77.3 Å². The number of rotatable bonds is 8. The number of benzene rings is 2. The van der Waals surface area contributed by atoms with Gasteiger partial charge in [0.2, 0.25) is 5.91 Å². The van der Waals surface area contributed by atoms with E-state index in [2.05, 4.69) is 20.3 Å². The Kier molecular flexibility index (Phi) is 7.78. The van der Waals surface area contributed by atoms with Crippen molar-refractivity contribution in [2.24, 2.45) is 5.92 Å². The van der Waals surface area contributed by atoms with Crippen molar-refractivity contribution >= 4 is 23.2 Å². The molecule has 1 fully saturated rings. The normalized spacial score (nSPS) is 17.6. The molecule has 1 aliphatic rings. The predicted octanol–water partition coefficient (Wildman–Crippen LogP) is 4.23. The van der Waals surface area contributed by atoms with Gasteiger partial charge in [0, 0.05) is 34.8 Å². The lowest BCUT2D eigenvalue weighted by Crippen LogP contribution is -2.54. The summed E-state index contributed by atoms with van der Waals surface area (Å²) in [5, 5.41) is 19.3. The molecule has 1 amide bonds. The number of aromatic nitrogens is 3. The largest absolute Gasteiger partial charge is 0.381 e. The second-order valence-electron chi connectivity index (χ2n) is 9.06. The van der Waals surface area contributed by atoms with E-state index in [1.54, 1.807) is 24.3 Å². The maximum Gasteiger partial charge on any atom is 0.224 e. The van der Waals surface area contributed by atoms with E-state index in [9.17, 15) is 18.7 Å². The van der Waals surface area contributed by atoms with Crippen LogP contribution in [0.25, 0.3) is 0 Å². The summed E-state index contributed by atoms with van der Waals surface area (Å²) in [6, 6.07) is 9.66. The first-order chi connectivity index (χ1) is 16.7. The van der Waals surface area contributed by atoms with Gasteiger partial charge in [-0.1, -0.05) is 17.7 Å². The highest BCUT2D eigenvalue weighted by atomic mass is 35.5. The fraction of sp³-hybridized carbons (Fsp3) is 0.400. The van der Waals surface area contributed by atoms with Crippen LogP contribution in [-0.2, 0) is 16.9 Å². The minimum atomic E-state index is -1.68. The van der Waals surface area contributed by atoms with Gasteiger partial charge in [-0.15, -0.1) is 0 Å². The van der Waals surface area contributed by atoms with Crippen molar-refractivity contribution in [2.75, 3.05) is 18.4 Å². The number of likely N-dealkylation sites (tertiary alicyclic amines) is 1. The summed E-state index contributed by atoms with van der Waals surface area (Å²) in [5.74, 6) is -1.39. The Hall–Kier alpha value is -2.88. The van der Waals surface area contributed by atoms with Crippen LogP contribution in [0.5, 0.6) is 0 Å². The molecule has 186 valence electrons. The molecule has 0 spiro atoms. The van der Waals surface area contributed by atoms with E-state index in [0.29, 0.717) is 30.2 Å². The average Bonchev–Trinajstić information content (AvgIpc) is 3.33. The maximum absolute atomic E-state index is 14.8. The molecule has 1 aliphatic heterocycles. The molecule has 0 bridgehead atoms. The summed E-state index contributed by atoms with van der Waals surface area (Å²) < 4.78 is 29.8. The lowest BCUT2D eigenvalue weighted by atomic mass is 9.83. The van der Waals surface area contributed by atoms with Gasteiger partial charge in [0.25, 0.3) is 0 Å². The molecular formula is C25H28ClF2N5O2. The molecule has 0 radical (unpaired) electrons. The minimum Gasteiger partial charge on any atom is -0.381 e. The molecule has 3 aromatic rings. The highest BCUT2D eigenvalue weighted by molar-refractivity contribution is 6.30. The van der Waals surface area contributed by atoms with Crippen molar-refractivity contribution in [2.45, 2.75) is 44.4 Å². The van der Waals surface area contributed by atoms with E-state index in [1.807, 2.05) is 6.92 Å². The van der Waals surface area contributed by atoms with E-state index >= 15 is 0 Å². The number of halogens is 3. The number of carbonyl (C=O) groups excluding carboxylic acids is 1. The third-order valence-electron chi connectivity index (χ3n) is 6.76. The molecule has 2 aromatic carbocycles. The maximum atomic E-state index is 14.8. The third kappa shape index (κ3) is 6.04. The first-order valence-corrected chi connectivity index (χ1v) is 11.9.